The number of nitrogens with one attached hydrogen (secondary N) is 1. The van der Waals surface area contributed by atoms with E-state index in [0.717, 1.165) is 11.3 Å². The van der Waals surface area contributed by atoms with Crippen LogP contribution in [0.3, 0.4) is 0 Å². The number of carbonyl (C=O) groups excluding carboxylic acids is 1. The zero-order valence-electron chi connectivity index (χ0n) is 13.0. The van der Waals surface area contributed by atoms with Crippen molar-refractivity contribution >= 4 is 11.9 Å². The van der Waals surface area contributed by atoms with Crippen LogP contribution in [0.4, 0.5) is 0 Å². The highest BCUT2D eigenvalue weighted by atomic mass is 16.5. The number of carboxylic acid groups (broad SMARTS) is 1. The molecule has 2 N–H and O–H groups in total. The third kappa shape index (κ3) is 6.58. The second-order valence-electron chi connectivity index (χ2n) is 4.96. The molecule has 1 unspecified atom stereocenters. The molecule has 0 spiro atoms. The Morgan fingerprint density at radius 1 is 1.27 bits per heavy atom. The molecule has 0 saturated carbocycles. The average molecular weight is 309 g/mol. The molecule has 1 aromatic carbocycles. The van der Waals surface area contributed by atoms with E-state index in [1.807, 2.05) is 31.2 Å². The van der Waals surface area contributed by atoms with Crippen LogP contribution >= 0.6 is 0 Å². The number of benzene rings is 1. The summed E-state index contributed by atoms with van der Waals surface area (Å²) in [6.45, 7) is 2.65. The number of carbonyl (C=O) groups is 2. The van der Waals surface area contributed by atoms with Crippen LogP contribution in [-0.2, 0) is 14.3 Å². The molecule has 0 aromatic heterocycles. The molecule has 6 nitrogen and oxygen atoms in total. The normalized spacial score (nSPS) is 11.7. The van der Waals surface area contributed by atoms with Crippen molar-refractivity contribution in [2.75, 3.05) is 20.3 Å². The van der Waals surface area contributed by atoms with Crippen molar-refractivity contribution in [2.45, 2.75) is 32.2 Å². The summed E-state index contributed by atoms with van der Waals surface area (Å²) >= 11 is 0. The van der Waals surface area contributed by atoms with Crippen molar-refractivity contribution in [1.29, 1.82) is 0 Å². The van der Waals surface area contributed by atoms with Gasteiger partial charge in [0.05, 0.1) is 6.61 Å². The average Bonchev–Trinajstić information content (AvgIpc) is 2.49. The van der Waals surface area contributed by atoms with Crippen molar-refractivity contribution in [2.24, 2.45) is 0 Å². The van der Waals surface area contributed by atoms with Gasteiger partial charge < -0.3 is 19.9 Å². The van der Waals surface area contributed by atoms with E-state index < -0.39 is 12.0 Å². The molecule has 122 valence electrons. The van der Waals surface area contributed by atoms with E-state index in [1.54, 1.807) is 0 Å². The van der Waals surface area contributed by atoms with Crippen LogP contribution in [0.1, 0.15) is 24.8 Å². The Labute approximate surface area is 130 Å². The molecule has 0 fully saturated rings. The topological polar surface area (TPSA) is 84.9 Å². The second kappa shape index (κ2) is 9.78. The highest BCUT2D eigenvalue weighted by molar-refractivity contribution is 5.83. The molecule has 0 radical (unpaired) electrons. The summed E-state index contributed by atoms with van der Waals surface area (Å²) in [5.41, 5.74) is 1.04. The second-order valence-corrected chi connectivity index (χ2v) is 4.96. The maximum absolute atomic E-state index is 11.7. The highest BCUT2D eigenvalue weighted by Crippen LogP contribution is 2.16. The summed E-state index contributed by atoms with van der Waals surface area (Å²) in [5.74, 6) is -0.551. The number of rotatable bonds is 10. The number of hydrogen-bond donors (Lipinski definition) is 2. The number of para-hydroxylation sites is 1. The number of amides is 1. The van der Waals surface area contributed by atoms with E-state index in [1.165, 1.54) is 7.11 Å². The molecule has 1 rings (SSSR count). The van der Waals surface area contributed by atoms with E-state index >= 15 is 0 Å². The van der Waals surface area contributed by atoms with Gasteiger partial charge in [-0.05, 0) is 25.0 Å². The van der Waals surface area contributed by atoms with Crippen LogP contribution in [-0.4, -0.2) is 43.3 Å². The van der Waals surface area contributed by atoms with Gasteiger partial charge in [-0.3, -0.25) is 4.79 Å². The molecule has 0 aliphatic rings. The molecule has 1 amide bonds. The molecule has 0 bridgehead atoms. The standard InChI is InChI=1S/C16H23NO5/c1-12-6-3-4-7-14(12)22-10-5-8-15(18)17-13(16(19)20)9-11-21-2/h3-4,6-7,13H,5,8-11H2,1-2H3,(H,17,18)(H,19,20). The van der Waals surface area contributed by atoms with Crippen LogP contribution in [0.2, 0.25) is 0 Å². The molecule has 1 atom stereocenters. The summed E-state index contributed by atoms with van der Waals surface area (Å²) in [6.07, 6.45) is 0.997. The van der Waals surface area contributed by atoms with Gasteiger partial charge in [0.25, 0.3) is 0 Å². The van der Waals surface area contributed by atoms with Crippen molar-refractivity contribution < 1.29 is 24.2 Å². The van der Waals surface area contributed by atoms with Gasteiger partial charge in [0.1, 0.15) is 11.8 Å². The Bertz CT molecular complexity index is 489. The predicted molar refractivity (Wildman–Crippen MR) is 82.0 cm³/mol. The van der Waals surface area contributed by atoms with Gasteiger partial charge in [-0.25, -0.2) is 4.79 Å². The van der Waals surface area contributed by atoms with E-state index in [0.29, 0.717) is 13.0 Å². The van der Waals surface area contributed by atoms with E-state index in [2.05, 4.69) is 5.32 Å². The van der Waals surface area contributed by atoms with Gasteiger partial charge in [0, 0.05) is 26.6 Å². The zero-order valence-corrected chi connectivity index (χ0v) is 13.0. The van der Waals surface area contributed by atoms with E-state index in [-0.39, 0.29) is 25.4 Å². The zero-order chi connectivity index (χ0) is 16.4. The van der Waals surface area contributed by atoms with Gasteiger partial charge in [-0.1, -0.05) is 18.2 Å². The fourth-order valence-electron chi connectivity index (χ4n) is 1.89. The predicted octanol–water partition coefficient (Wildman–Crippen LogP) is 1.76. The summed E-state index contributed by atoms with van der Waals surface area (Å²) < 4.78 is 10.4. The van der Waals surface area contributed by atoms with E-state index in [9.17, 15) is 9.59 Å². The molecular formula is C16H23NO5. The molecule has 0 saturated heterocycles. The molecule has 0 heterocycles. The number of methoxy groups -OCH3 is 1. The first-order valence-electron chi connectivity index (χ1n) is 7.24. The van der Waals surface area contributed by atoms with Crippen molar-refractivity contribution in [3.63, 3.8) is 0 Å². The SMILES string of the molecule is COCCC(NC(=O)CCCOc1ccccc1C)C(=O)O. The summed E-state index contributed by atoms with van der Waals surface area (Å²) in [5, 5.41) is 11.5. The van der Waals surface area contributed by atoms with Crippen molar-refractivity contribution in [3.8, 4) is 5.75 Å². The largest absolute Gasteiger partial charge is 0.493 e. The number of hydrogen-bond acceptors (Lipinski definition) is 4. The number of aliphatic carboxylic acids is 1. The lowest BCUT2D eigenvalue weighted by Gasteiger charge is -2.14. The summed E-state index contributed by atoms with van der Waals surface area (Å²) in [6, 6.07) is 6.74. The summed E-state index contributed by atoms with van der Waals surface area (Å²) in [4.78, 5) is 22.7. The Balaban J connectivity index is 2.27. The van der Waals surface area contributed by atoms with Crippen LogP contribution in [0, 0.1) is 6.92 Å². The highest BCUT2D eigenvalue weighted by Gasteiger charge is 2.19. The maximum Gasteiger partial charge on any atom is 0.326 e. The van der Waals surface area contributed by atoms with Gasteiger partial charge in [0.2, 0.25) is 5.91 Å². The Morgan fingerprint density at radius 2 is 2.00 bits per heavy atom. The van der Waals surface area contributed by atoms with Gasteiger partial charge >= 0.3 is 5.97 Å². The van der Waals surface area contributed by atoms with Crippen molar-refractivity contribution in [3.05, 3.63) is 29.8 Å². The smallest absolute Gasteiger partial charge is 0.326 e. The lowest BCUT2D eigenvalue weighted by atomic mass is 10.2. The van der Waals surface area contributed by atoms with Crippen molar-refractivity contribution in [1.82, 2.24) is 5.32 Å². The first-order chi connectivity index (χ1) is 10.5. The van der Waals surface area contributed by atoms with Crippen LogP contribution < -0.4 is 10.1 Å². The van der Waals surface area contributed by atoms with Crippen LogP contribution in [0.25, 0.3) is 0 Å². The van der Waals surface area contributed by atoms with Crippen LogP contribution in [0.5, 0.6) is 5.75 Å². The minimum absolute atomic E-state index is 0.225. The van der Waals surface area contributed by atoms with Gasteiger partial charge in [-0.2, -0.15) is 0 Å². The minimum Gasteiger partial charge on any atom is -0.493 e. The monoisotopic (exact) mass is 309 g/mol. The molecular weight excluding hydrogens is 286 g/mol. The number of aryl methyl sites for hydroxylation is 1. The van der Waals surface area contributed by atoms with Crippen LogP contribution in [0.15, 0.2) is 24.3 Å². The molecule has 1 aromatic rings. The fourth-order valence-corrected chi connectivity index (χ4v) is 1.89. The Morgan fingerprint density at radius 3 is 2.64 bits per heavy atom. The third-order valence-electron chi connectivity index (χ3n) is 3.14. The quantitative estimate of drug-likeness (QED) is 0.643. The lowest BCUT2D eigenvalue weighted by Crippen LogP contribution is -2.41. The lowest BCUT2D eigenvalue weighted by molar-refractivity contribution is -0.142. The molecule has 0 aliphatic carbocycles. The number of carboxylic acids is 1. The molecule has 22 heavy (non-hydrogen) atoms. The fraction of sp³-hybridized carbons (Fsp3) is 0.500. The molecule has 0 aliphatic heterocycles. The maximum atomic E-state index is 11.7. The first kappa shape index (κ1) is 18.0. The Kier molecular flexibility index (Phi) is 7.99. The minimum atomic E-state index is -1.05. The van der Waals surface area contributed by atoms with E-state index in [4.69, 9.17) is 14.6 Å². The molecule has 6 heteroatoms. The summed E-state index contributed by atoms with van der Waals surface area (Å²) in [7, 11) is 1.49. The number of ether oxygens (including phenoxy) is 2. The third-order valence-corrected chi connectivity index (χ3v) is 3.14. The first-order valence-corrected chi connectivity index (χ1v) is 7.24. The Hall–Kier alpha value is -2.08. The van der Waals surface area contributed by atoms with Gasteiger partial charge in [0.15, 0.2) is 0 Å². The van der Waals surface area contributed by atoms with Gasteiger partial charge in [-0.15, -0.1) is 0 Å².